The maximum Gasteiger partial charge on any atom is 0.251 e. The number of carbonyl (C=O) groups is 1. The van der Waals surface area contributed by atoms with Gasteiger partial charge >= 0.3 is 0 Å². The summed E-state index contributed by atoms with van der Waals surface area (Å²) in [5.74, 6) is 1.89. The van der Waals surface area contributed by atoms with Gasteiger partial charge in [0.15, 0.2) is 0 Å². The van der Waals surface area contributed by atoms with Crippen molar-refractivity contribution in [3.63, 3.8) is 0 Å². The predicted octanol–water partition coefficient (Wildman–Crippen LogP) is 6.34. The van der Waals surface area contributed by atoms with Crippen molar-refractivity contribution in [3.8, 4) is 11.1 Å². The summed E-state index contributed by atoms with van der Waals surface area (Å²) in [6.45, 7) is 9.44. The summed E-state index contributed by atoms with van der Waals surface area (Å²) in [5.41, 5.74) is 5.00. The second-order valence-corrected chi connectivity index (χ2v) is 11.2. The summed E-state index contributed by atoms with van der Waals surface area (Å²) in [4.78, 5) is 22.7. The second kappa shape index (κ2) is 11.7. The van der Waals surface area contributed by atoms with Crippen LogP contribution in [0, 0.1) is 12.8 Å². The average Bonchev–Trinajstić information content (AvgIpc) is 2.91. The van der Waals surface area contributed by atoms with Gasteiger partial charge in [0.25, 0.3) is 5.91 Å². The molecule has 0 bridgehead atoms. The predicted molar refractivity (Wildman–Crippen MR) is 152 cm³/mol. The fraction of sp³-hybridized carbons (Fsp3) is 0.419. The van der Waals surface area contributed by atoms with Crippen LogP contribution >= 0.6 is 11.6 Å². The van der Waals surface area contributed by atoms with Gasteiger partial charge in [0, 0.05) is 61.1 Å². The Morgan fingerprint density at radius 3 is 2.38 bits per heavy atom. The van der Waals surface area contributed by atoms with Gasteiger partial charge in [-0.3, -0.25) is 9.69 Å². The first-order valence-electron chi connectivity index (χ1n) is 13.5. The lowest BCUT2D eigenvalue weighted by Crippen LogP contribution is -2.44. The molecule has 3 heterocycles. The highest BCUT2D eigenvalue weighted by molar-refractivity contribution is 6.33. The molecule has 1 N–H and O–H groups in total. The maximum absolute atomic E-state index is 13.0. The van der Waals surface area contributed by atoms with Crippen molar-refractivity contribution in [3.05, 3.63) is 82.5 Å². The first-order chi connectivity index (χ1) is 17.9. The largest absolute Gasteiger partial charge is 0.357 e. The van der Waals surface area contributed by atoms with Crippen molar-refractivity contribution < 1.29 is 4.79 Å². The van der Waals surface area contributed by atoms with Crippen LogP contribution < -0.4 is 10.2 Å². The van der Waals surface area contributed by atoms with Gasteiger partial charge in [-0.05, 0) is 73.9 Å². The number of aromatic nitrogens is 1. The van der Waals surface area contributed by atoms with Crippen LogP contribution in [0.25, 0.3) is 11.1 Å². The first kappa shape index (κ1) is 25.7. The maximum atomic E-state index is 13.0. The molecule has 1 aromatic heterocycles. The van der Waals surface area contributed by atoms with Gasteiger partial charge in [-0.2, -0.15) is 0 Å². The molecule has 6 heteroatoms. The molecule has 0 spiro atoms. The highest BCUT2D eigenvalue weighted by Gasteiger charge is 2.22. The van der Waals surface area contributed by atoms with E-state index in [1.54, 1.807) is 0 Å². The molecule has 5 nitrogen and oxygen atoms in total. The number of aryl methyl sites for hydroxylation is 1. The number of nitrogens with zero attached hydrogens (tertiary/aromatic N) is 3. The van der Waals surface area contributed by atoms with Crippen molar-refractivity contribution in [2.24, 2.45) is 5.92 Å². The van der Waals surface area contributed by atoms with Crippen molar-refractivity contribution in [1.82, 2.24) is 15.2 Å². The van der Waals surface area contributed by atoms with E-state index in [9.17, 15) is 4.79 Å². The van der Waals surface area contributed by atoms with Crippen LogP contribution in [0.1, 0.15) is 54.1 Å². The molecule has 2 aromatic carbocycles. The van der Waals surface area contributed by atoms with Gasteiger partial charge < -0.3 is 10.2 Å². The van der Waals surface area contributed by atoms with Crippen LogP contribution in [-0.2, 0) is 6.54 Å². The monoisotopic (exact) mass is 516 g/mol. The third-order valence-corrected chi connectivity index (χ3v) is 8.17. The molecule has 0 atom stereocenters. The molecule has 0 unspecified atom stereocenters. The minimum absolute atomic E-state index is 0.0321. The molecule has 0 aliphatic carbocycles. The fourth-order valence-corrected chi connectivity index (χ4v) is 5.54. The van der Waals surface area contributed by atoms with E-state index in [4.69, 9.17) is 16.6 Å². The average molecular weight is 517 g/mol. The van der Waals surface area contributed by atoms with E-state index in [-0.39, 0.29) is 11.9 Å². The molecule has 0 saturated carbocycles. The van der Waals surface area contributed by atoms with Gasteiger partial charge in [0.1, 0.15) is 5.82 Å². The van der Waals surface area contributed by atoms with E-state index in [1.165, 1.54) is 24.0 Å². The number of hydrogen-bond donors (Lipinski definition) is 1. The lowest BCUT2D eigenvalue weighted by atomic mass is 9.99. The van der Waals surface area contributed by atoms with Crippen LogP contribution in [0.15, 0.2) is 60.8 Å². The number of amides is 1. The lowest BCUT2D eigenvalue weighted by molar-refractivity contribution is 0.0909. The zero-order valence-corrected chi connectivity index (χ0v) is 22.7. The molecular weight excluding hydrogens is 480 g/mol. The Hall–Kier alpha value is -2.89. The number of rotatable bonds is 6. The highest BCUT2D eigenvalue weighted by Crippen LogP contribution is 2.29. The number of carbonyl (C=O) groups excluding carboxylic acids is 1. The van der Waals surface area contributed by atoms with Crippen molar-refractivity contribution in [2.75, 3.05) is 31.1 Å². The molecule has 2 fully saturated rings. The third kappa shape index (κ3) is 6.52. The van der Waals surface area contributed by atoms with E-state index in [0.29, 0.717) is 10.6 Å². The summed E-state index contributed by atoms with van der Waals surface area (Å²) in [5, 5.41) is 3.90. The van der Waals surface area contributed by atoms with E-state index in [1.807, 2.05) is 36.5 Å². The first-order valence-corrected chi connectivity index (χ1v) is 13.9. The Morgan fingerprint density at radius 2 is 1.70 bits per heavy atom. The van der Waals surface area contributed by atoms with E-state index in [2.05, 4.69) is 53.2 Å². The number of anilines is 1. The van der Waals surface area contributed by atoms with Gasteiger partial charge in [0.05, 0.1) is 0 Å². The number of likely N-dealkylation sites (tertiary alicyclic amines) is 1. The summed E-state index contributed by atoms with van der Waals surface area (Å²) >= 11 is 6.46. The zero-order valence-electron chi connectivity index (χ0n) is 21.9. The molecular formula is C31H37ClN4O. The molecule has 3 aromatic rings. The van der Waals surface area contributed by atoms with Gasteiger partial charge in [-0.1, -0.05) is 54.4 Å². The number of benzene rings is 2. The Morgan fingerprint density at radius 1 is 0.973 bits per heavy atom. The SMILES string of the molecule is Cc1ccc(-c2cc(C(=O)NC3CCN(Cc4ccc(N5CCC(C)CC5)nc4)CC3)ccc2Cl)cc1. The van der Waals surface area contributed by atoms with E-state index >= 15 is 0 Å². The van der Waals surface area contributed by atoms with Crippen LogP contribution in [-0.4, -0.2) is 48.0 Å². The lowest BCUT2D eigenvalue weighted by Gasteiger charge is -2.33. The van der Waals surface area contributed by atoms with Crippen molar-refractivity contribution in [2.45, 2.75) is 52.1 Å². The van der Waals surface area contributed by atoms with Crippen LogP contribution in [0.4, 0.5) is 5.82 Å². The Balaban J connectivity index is 1.12. The normalized spacial score (nSPS) is 17.6. The standard InChI is InChI=1S/C31H37ClN4O/c1-22-3-6-25(7-4-22)28-19-26(8-9-29(28)32)31(37)34-27-13-15-35(16-14-27)21-24-5-10-30(33-20-24)36-17-11-23(2)12-18-36/h3-10,19-20,23,27H,11-18,21H2,1-2H3,(H,34,37). The summed E-state index contributed by atoms with van der Waals surface area (Å²) in [7, 11) is 0. The number of pyridine rings is 1. The minimum Gasteiger partial charge on any atom is -0.357 e. The summed E-state index contributed by atoms with van der Waals surface area (Å²) in [6.07, 6.45) is 6.43. The number of nitrogens with one attached hydrogen (secondary N) is 1. The Labute approximate surface area is 225 Å². The molecule has 2 aliphatic rings. The topological polar surface area (TPSA) is 48.5 Å². The molecule has 194 valence electrons. The van der Waals surface area contributed by atoms with Gasteiger partial charge in [-0.15, -0.1) is 0 Å². The molecule has 1 amide bonds. The number of piperidine rings is 2. The van der Waals surface area contributed by atoms with Crippen LogP contribution in [0.5, 0.6) is 0 Å². The zero-order chi connectivity index (χ0) is 25.8. The van der Waals surface area contributed by atoms with Gasteiger partial charge in [0.2, 0.25) is 0 Å². The van der Waals surface area contributed by atoms with Crippen LogP contribution in [0.3, 0.4) is 0 Å². The van der Waals surface area contributed by atoms with E-state index in [0.717, 1.165) is 68.4 Å². The molecule has 2 saturated heterocycles. The molecule has 37 heavy (non-hydrogen) atoms. The van der Waals surface area contributed by atoms with E-state index < -0.39 is 0 Å². The molecule has 2 aliphatic heterocycles. The Kier molecular flexibility index (Phi) is 8.11. The van der Waals surface area contributed by atoms with Gasteiger partial charge in [-0.25, -0.2) is 4.98 Å². The molecule has 5 rings (SSSR count). The van der Waals surface area contributed by atoms with Crippen molar-refractivity contribution >= 4 is 23.3 Å². The number of hydrogen-bond acceptors (Lipinski definition) is 4. The quantitative estimate of drug-likeness (QED) is 0.415. The number of halogens is 1. The second-order valence-electron chi connectivity index (χ2n) is 10.8. The minimum atomic E-state index is -0.0321. The smallest absolute Gasteiger partial charge is 0.251 e. The highest BCUT2D eigenvalue weighted by atomic mass is 35.5. The van der Waals surface area contributed by atoms with Crippen molar-refractivity contribution in [1.29, 1.82) is 0 Å². The fourth-order valence-electron chi connectivity index (χ4n) is 5.32. The van der Waals surface area contributed by atoms with Crippen LogP contribution in [0.2, 0.25) is 5.02 Å². The Bertz CT molecular complexity index is 1190. The molecule has 0 radical (unpaired) electrons. The third-order valence-electron chi connectivity index (χ3n) is 7.84. The summed E-state index contributed by atoms with van der Waals surface area (Å²) in [6, 6.07) is 18.3. The summed E-state index contributed by atoms with van der Waals surface area (Å²) < 4.78 is 0.